The molecule has 2 aromatic rings. The molecule has 0 amide bonds. The SMILES string of the molecule is CC12CN3CC(C)(CN(C1)C3c1ccc(OCc3ccccc3)cc1)C2N. The third kappa shape index (κ3) is 2.78. The molecular formula is C23H29N3O. The summed E-state index contributed by atoms with van der Waals surface area (Å²) in [4.78, 5) is 5.27. The van der Waals surface area contributed by atoms with Crippen LogP contribution in [0.4, 0.5) is 0 Å². The zero-order valence-electron chi connectivity index (χ0n) is 16.3. The summed E-state index contributed by atoms with van der Waals surface area (Å²) >= 11 is 0. The maximum absolute atomic E-state index is 6.65. The van der Waals surface area contributed by atoms with Gasteiger partial charge in [0.2, 0.25) is 0 Å². The van der Waals surface area contributed by atoms with E-state index in [0.29, 0.717) is 18.8 Å². The summed E-state index contributed by atoms with van der Waals surface area (Å²) in [6, 6.07) is 19.3. The van der Waals surface area contributed by atoms with Gasteiger partial charge in [0.25, 0.3) is 0 Å². The fourth-order valence-electron chi connectivity index (χ4n) is 5.78. The monoisotopic (exact) mass is 363 g/mol. The van der Waals surface area contributed by atoms with Crippen molar-refractivity contribution in [1.29, 1.82) is 0 Å². The van der Waals surface area contributed by atoms with Crippen molar-refractivity contribution in [2.24, 2.45) is 16.6 Å². The topological polar surface area (TPSA) is 41.7 Å². The minimum absolute atomic E-state index is 0.209. The highest BCUT2D eigenvalue weighted by molar-refractivity contribution is 5.31. The van der Waals surface area contributed by atoms with Crippen LogP contribution in [-0.2, 0) is 6.61 Å². The lowest BCUT2D eigenvalue weighted by Crippen LogP contribution is -2.78. The zero-order chi connectivity index (χ0) is 18.6. The van der Waals surface area contributed by atoms with Crippen LogP contribution in [0, 0.1) is 10.8 Å². The molecule has 142 valence electrons. The predicted molar refractivity (Wildman–Crippen MR) is 107 cm³/mol. The van der Waals surface area contributed by atoms with Crippen molar-refractivity contribution in [2.75, 3.05) is 26.2 Å². The lowest BCUT2D eigenvalue weighted by molar-refractivity contribution is -0.205. The molecule has 6 rings (SSSR count). The molecule has 0 atom stereocenters. The van der Waals surface area contributed by atoms with Crippen LogP contribution < -0.4 is 10.5 Å². The van der Waals surface area contributed by atoms with Crippen LogP contribution >= 0.6 is 0 Å². The Labute approximate surface area is 161 Å². The second kappa shape index (κ2) is 6.06. The first-order valence-corrected chi connectivity index (χ1v) is 9.97. The largest absolute Gasteiger partial charge is 0.489 e. The molecule has 4 aliphatic heterocycles. The van der Waals surface area contributed by atoms with Crippen molar-refractivity contribution in [3.05, 3.63) is 65.7 Å². The van der Waals surface area contributed by atoms with E-state index in [4.69, 9.17) is 10.5 Å². The maximum Gasteiger partial charge on any atom is 0.119 e. The van der Waals surface area contributed by atoms with Gasteiger partial charge >= 0.3 is 0 Å². The van der Waals surface area contributed by atoms with Crippen LogP contribution in [0.25, 0.3) is 0 Å². The molecule has 4 aliphatic rings. The Kier molecular flexibility index (Phi) is 3.87. The summed E-state index contributed by atoms with van der Waals surface area (Å²) in [5, 5.41) is 0. The van der Waals surface area contributed by atoms with E-state index in [1.54, 1.807) is 0 Å². The van der Waals surface area contributed by atoms with Gasteiger partial charge in [0, 0.05) is 43.1 Å². The van der Waals surface area contributed by atoms with E-state index in [1.165, 1.54) is 11.1 Å². The summed E-state index contributed by atoms with van der Waals surface area (Å²) < 4.78 is 5.95. The fourth-order valence-corrected chi connectivity index (χ4v) is 5.78. The minimum Gasteiger partial charge on any atom is -0.489 e. The Hall–Kier alpha value is -1.88. The van der Waals surface area contributed by atoms with Crippen LogP contribution in [0.3, 0.4) is 0 Å². The van der Waals surface area contributed by atoms with E-state index in [0.717, 1.165) is 31.9 Å². The van der Waals surface area contributed by atoms with Crippen molar-refractivity contribution in [3.63, 3.8) is 0 Å². The van der Waals surface area contributed by atoms with Gasteiger partial charge in [0.15, 0.2) is 0 Å². The van der Waals surface area contributed by atoms with Crippen LogP contribution in [0.5, 0.6) is 5.75 Å². The molecule has 0 spiro atoms. The average Bonchev–Trinajstić information content (AvgIpc) is 2.65. The highest BCUT2D eigenvalue weighted by Crippen LogP contribution is 2.53. The van der Waals surface area contributed by atoms with Crippen molar-refractivity contribution in [3.8, 4) is 5.75 Å². The Morgan fingerprint density at radius 2 is 1.44 bits per heavy atom. The van der Waals surface area contributed by atoms with Gasteiger partial charge in [0.1, 0.15) is 12.4 Å². The summed E-state index contributed by atoms with van der Waals surface area (Å²) in [6.45, 7) is 9.72. The van der Waals surface area contributed by atoms with Gasteiger partial charge in [-0.3, -0.25) is 9.80 Å². The van der Waals surface area contributed by atoms with Gasteiger partial charge < -0.3 is 10.5 Å². The van der Waals surface area contributed by atoms with E-state index in [2.05, 4.69) is 60.0 Å². The molecule has 4 bridgehead atoms. The third-order valence-corrected chi connectivity index (χ3v) is 6.88. The molecule has 0 unspecified atom stereocenters. The van der Waals surface area contributed by atoms with Crippen LogP contribution in [0.1, 0.15) is 31.1 Å². The van der Waals surface area contributed by atoms with Crippen molar-refractivity contribution in [1.82, 2.24) is 9.80 Å². The van der Waals surface area contributed by atoms with Gasteiger partial charge in [-0.25, -0.2) is 0 Å². The van der Waals surface area contributed by atoms with Crippen molar-refractivity contribution >= 4 is 0 Å². The third-order valence-electron chi connectivity index (χ3n) is 6.88. The van der Waals surface area contributed by atoms with Crippen molar-refractivity contribution in [2.45, 2.75) is 32.7 Å². The molecule has 4 saturated heterocycles. The molecule has 0 saturated carbocycles. The van der Waals surface area contributed by atoms with Gasteiger partial charge in [-0.2, -0.15) is 0 Å². The van der Waals surface area contributed by atoms with Crippen LogP contribution in [0.2, 0.25) is 0 Å². The number of benzene rings is 2. The van der Waals surface area contributed by atoms with Gasteiger partial charge in [-0.15, -0.1) is 0 Å². The normalized spacial score (nSPS) is 39.5. The molecule has 0 aliphatic carbocycles. The first-order valence-electron chi connectivity index (χ1n) is 9.97. The van der Waals surface area contributed by atoms with Crippen molar-refractivity contribution < 1.29 is 4.74 Å². The lowest BCUT2D eigenvalue weighted by atomic mass is 9.59. The highest BCUT2D eigenvalue weighted by atomic mass is 16.5. The van der Waals surface area contributed by atoms with Gasteiger partial charge in [-0.05, 0) is 23.3 Å². The highest BCUT2D eigenvalue weighted by Gasteiger charge is 2.60. The summed E-state index contributed by atoms with van der Waals surface area (Å²) in [7, 11) is 0. The summed E-state index contributed by atoms with van der Waals surface area (Å²) in [5.41, 5.74) is 9.62. The molecular weight excluding hydrogens is 334 g/mol. The molecule has 0 radical (unpaired) electrons. The summed E-state index contributed by atoms with van der Waals surface area (Å²) in [5.74, 6) is 0.928. The van der Waals surface area contributed by atoms with Gasteiger partial charge in [-0.1, -0.05) is 56.3 Å². The first-order chi connectivity index (χ1) is 13.0. The van der Waals surface area contributed by atoms with E-state index in [-0.39, 0.29) is 10.8 Å². The number of ether oxygens (including phenoxy) is 1. The Morgan fingerprint density at radius 1 is 0.889 bits per heavy atom. The van der Waals surface area contributed by atoms with Crippen LogP contribution in [-0.4, -0.2) is 42.0 Å². The molecule has 2 aromatic carbocycles. The number of nitrogens with zero attached hydrogens (tertiary/aromatic N) is 2. The smallest absolute Gasteiger partial charge is 0.119 e. The number of hydrogen-bond acceptors (Lipinski definition) is 4. The Bertz CT molecular complexity index is 781. The van der Waals surface area contributed by atoms with E-state index in [1.807, 2.05) is 18.2 Å². The summed E-state index contributed by atoms with van der Waals surface area (Å²) in [6.07, 6.45) is 0.377. The lowest BCUT2D eigenvalue weighted by Gasteiger charge is -2.68. The predicted octanol–water partition coefficient (Wildman–Crippen LogP) is 3.25. The zero-order valence-corrected chi connectivity index (χ0v) is 16.3. The molecule has 4 fully saturated rings. The first kappa shape index (κ1) is 17.2. The Morgan fingerprint density at radius 3 is 2.00 bits per heavy atom. The average molecular weight is 364 g/mol. The second-order valence-electron chi connectivity index (χ2n) is 9.31. The van der Waals surface area contributed by atoms with E-state index in [9.17, 15) is 0 Å². The molecule has 4 heteroatoms. The number of rotatable bonds is 4. The molecule has 2 N–H and O–H groups in total. The molecule has 0 aromatic heterocycles. The van der Waals surface area contributed by atoms with Crippen LogP contribution in [0.15, 0.2) is 54.6 Å². The van der Waals surface area contributed by atoms with E-state index >= 15 is 0 Å². The number of piperidine rings is 2. The van der Waals surface area contributed by atoms with Gasteiger partial charge in [0.05, 0.1) is 6.17 Å². The number of hydrogen-bond donors (Lipinski definition) is 1. The molecule has 4 heterocycles. The standard InChI is InChI=1S/C23H29N3O/c1-22-13-25-15-23(2,21(22)24)16-26(14-22)20(25)18-8-10-19(11-9-18)27-12-17-6-4-3-5-7-17/h3-11,20-21H,12-16,24H2,1-2H3. The molecule has 27 heavy (non-hydrogen) atoms. The molecule has 4 nitrogen and oxygen atoms in total. The minimum atomic E-state index is 0.209. The maximum atomic E-state index is 6.65. The van der Waals surface area contributed by atoms with E-state index < -0.39 is 0 Å². The second-order valence-corrected chi connectivity index (χ2v) is 9.31. The Balaban J connectivity index is 1.32. The number of nitrogens with two attached hydrogens (primary N) is 1. The quantitative estimate of drug-likeness (QED) is 0.905. The fraction of sp³-hybridized carbons (Fsp3) is 0.478.